The van der Waals surface area contributed by atoms with Gasteiger partial charge in [0.2, 0.25) is 0 Å². The van der Waals surface area contributed by atoms with Gasteiger partial charge in [0.25, 0.3) is 0 Å². The first-order valence-corrected chi connectivity index (χ1v) is 6.09. The summed E-state index contributed by atoms with van der Waals surface area (Å²) in [6, 6.07) is 4.38. The molecule has 0 saturated carbocycles. The number of aryl methyl sites for hydroxylation is 2. The Morgan fingerprint density at radius 1 is 1.29 bits per heavy atom. The van der Waals surface area contributed by atoms with E-state index >= 15 is 0 Å². The summed E-state index contributed by atoms with van der Waals surface area (Å²) in [7, 11) is 0. The Bertz CT molecular complexity index is 307. The third kappa shape index (κ3) is 2.50. The minimum absolute atomic E-state index is 1.12. The van der Waals surface area contributed by atoms with Crippen LogP contribution in [0.15, 0.2) is 16.6 Å². The van der Waals surface area contributed by atoms with E-state index in [0.717, 1.165) is 6.54 Å². The van der Waals surface area contributed by atoms with Crippen LogP contribution in [0.5, 0.6) is 0 Å². The molecule has 78 valence electrons. The third-order valence-corrected chi connectivity index (χ3v) is 2.76. The average molecular weight is 256 g/mol. The van der Waals surface area contributed by atoms with Crippen LogP contribution in [0, 0.1) is 6.92 Å². The molecule has 2 rings (SSSR count). The quantitative estimate of drug-likeness (QED) is 0.735. The normalized spacial score (nSPS) is 13.4. The van der Waals surface area contributed by atoms with E-state index in [-0.39, 0.29) is 0 Å². The van der Waals surface area contributed by atoms with Crippen molar-refractivity contribution in [1.29, 1.82) is 0 Å². The highest BCUT2D eigenvalue weighted by atomic mass is 79.9. The van der Waals surface area contributed by atoms with Gasteiger partial charge in [-0.3, -0.25) is 0 Å². The van der Waals surface area contributed by atoms with Crippen LogP contribution in [-0.2, 0) is 6.42 Å². The minimum Gasteiger partial charge on any atom is -0.385 e. The largest absolute Gasteiger partial charge is 0.385 e. The number of nitrogens with one attached hydrogen (secondary N) is 1. The van der Waals surface area contributed by atoms with Gasteiger partial charge in [-0.1, -0.05) is 29.8 Å². The van der Waals surface area contributed by atoms with E-state index in [1.165, 1.54) is 34.1 Å². The summed E-state index contributed by atoms with van der Waals surface area (Å²) in [5.74, 6) is 0. The summed E-state index contributed by atoms with van der Waals surface area (Å²) >= 11 is 3.51. The topological polar surface area (TPSA) is 12.0 Å². The first kappa shape index (κ1) is 11.6. The van der Waals surface area contributed by atoms with Crippen LogP contribution in [0.4, 0.5) is 5.69 Å². The number of halogens is 1. The Morgan fingerprint density at radius 3 is 2.71 bits per heavy atom. The van der Waals surface area contributed by atoms with E-state index < -0.39 is 0 Å². The van der Waals surface area contributed by atoms with Crippen LogP contribution in [0.1, 0.15) is 31.4 Å². The van der Waals surface area contributed by atoms with Crippen molar-refractivity contribution < 1.29 is 0 Å². The van der Waals surface area contributed by atoms with E-state index in [1.54, 1.807) is 0 Å². The highest BCUT2D eigenvalue weighted by Crippen LogP contribution is 2.29. The Kier molecular flexibility index (Phi) is 4.46. The number of hydrogen-bond acceptors (Lipinski definition) is 1. The molecule has 1 aromatic rings. The van der Waals surface area contributed by atoms with E-state index in [1.807, 2.05) is 13.8 Å². The van der Waals surface area contributed by atoms with Crippen molar-refractivity contribution >= 4 is 21.6 Å². The van der Waals surface area contributed by atoms with Gasteiger partial charge in [-0.25, -0.2) is 0 Å². The van der Waals surface area contributed by atoms with E-state index in [0.29, 0.717) is 0 Å². The summed E-state index contributed by atoms with van der Waals surface area (Å²) in [5.41, 5.74) is 4.15. The third-order valence-electron chi connectivity index (χ3n) is 2.31. The summed E-state index contributed by atoms with van der Waals surface area (Å²) in [6.45, 7) is 7.28. The van der Waals surface area contributed by atoms with E-state index in [2.05, 4.69) is 40.3 Å². The molecular formula is C12H18BrN. The maximum Gasteiger partial charge on any atom is 0.0403 e. The molecule has 0 unspecified atom stereocenters. The number of anilines is 1. The molecule has 1 aliphatic rings. The highest BCUT2D eigenvalue weighted by Gasteiger charge is 2.10. The summed E-state index contributed by atoms with van der Waals surface area (Å²) in [6.07, 6.45) is 2.46. The molecular weight excluding hydrogens is 238 g/mol. The fourth-order valence-corrected chi connectivity index (χ4v) is 2.37. The predicted molar refractivity (Wildman–Crippen MR) is 67.0 cm³/mol. The second kappa shape index (κ2) is 5.40. The zero-order chi connectivity index (χ0) is 10.6. The van der Waals surface area contributed by atoms with Crippen molar-refractivity contribution in [1.82, 2.24) is 0 Å². The molecule has 0 spiro atoms. The van der Waals surface area contributed by atoms with Crippen molar-refractivity contribution in [3.63, 3.8) is 0 Å². The number of hydrogen-bond donors (Lipinski definition) is 1. The van der Waals surface area contributed by atoms with Crippen LogP contribution in [0.25, 0.3) is 0 Å². The average Bonchev–Trinajstić information content (AvgIpc) is 2.20. The summed E-state index contributed by atoms with van der Waals surface area (Å²) < 4.78 is 1.20. The fourth-order valence-electron chi connectivity index (χ4n) is 1.75. The van der Waals surface area contributed by atoms with Gasteiger partial charge in [-0.2, -0.15) is 0 Å². The first-order chi connectivity index (χ1) is 6.77. The molecule has 0 radical (unpaired) electrons. The lowest BCUT2D eigenvalue weighted by Gasteiger charge is -2.20. The Balaban J connectivity index is 0.000000461. The van der Waals surface area contributed by atoms with Crippen LogP contribution in [0.2, 0.25) is 0 Å². The summed E-state index contributed by atoms with van der Waals surface area (Å²) in [4.78, 5) is 0. The standard InChI is InChI=1S/C10H12BrN.C2H6/c1-7-5-9(11)6-8-3-2-4-12-10(7)8;1-2/h5-6,12H,2-4H2,1H3;1-2H3. The smallest absolute Gasteiger partial charge is 0.0403 e. The molecule has 14 heavy (non-hydrogen) atoms. The van der Waals surface area contributed by atoms with E-state index in [4.69, 9.17) is 0 Å². The van der Waals surface area contributed by atoms with Crippen LogP contribution >= 0.6 is 15.9 Å². The van der Waals surface area contributed by atoms with Crippen LogP contribution in [-0.4, -0.2) is 6.54 Å². The van der Waals surface area contributed by atoms with Gasteiger partial charge in [0.05, 0.1) is 0 Å². The second-order valence-electron chi connectivity index (χ2n) is 3.29. The molecule has 2 heteroatoms. The lowest BCUT2D eigenvalue weighted by molar-refractivity contribution is 0.827. The molecule has 0 amide bonds. The van der Waals surface area contributed by atoms with E-state index in [9.17, 15) is 0 Å². The Hall–Kier alpha value is -0.500. The molecule has 1 aromatic carbocycles. The van der Waals surface area contributed by atoms with Gasteiger partial charge in [-0.15, -0.1) is 0 Å². The van der Waals surface area contributed by atoms with Gasteiger partial charge < -0.3 is 5.32 Å². The van der Waals surface area contributed by atoms with Crippen molar-refractivity contribution in [3.05, 3.63) is 27.7 Å². The molecule has 0 fully saturated rings. The predicted octanol–water partition coefficient (Wildman–Crippen LogP) is 4.14. The SMILES string of the molecule is CC.Cc1cc(Br)cc2c1NCCC2. The molecule has 0 bridgehead atoms. The molecule has 1 heterocycles. The zero-order valence-electron chi connectivity index (χ0n) is 9.15. The Morgan fingerprint density at radius 2 is 2.00 bits per heavy atom. The van der Waals surface area contributed by atoms with Gasteiger partial charge in [-0.05, 0) is 43.0 Å². The number of benzene rings is 1. The fraction of sp³-hybridized carbons (Fsp3) is 0.500. The van der Waals surface area contributed by atoms with Crippen LogP contribution in [0.3, 0.4) is 0 Å². The molecule has 0 atom stereocenters. The van der Waals surface area contributed by atoms with Crippen molar-refractivity contribution in [2.45, 2.75) is 33.6 Å². The van der Waals surface area contributed by atoms with Crippen molar-refractivity contribution in [3.8, 4) is 0 Å². The highest BCUT2D eigenvalue weighted by molar-refractivity contribution is 9.10. The first-order valence-electron chi connectivity index (χ1n) is 5.30. The van der Waals surface area contributed by atoms with Crippen molar-refractivity contribution in [2.24, 2.45) is 0 Å². The van der Waals surface area contributed by atoms with Crippen molar-refractivity contribution in [2.75, 3.05) is 11.9 Å². The lowest BCUT2D eigenvalue weighted by atomic mass is 10.0. The molecule has 0 aliphatic carbocycles. The molecule has 1 N–H and O–H groups in total. The molecule has 1 nitrogen and oxygen atoms in total. The Labute approximate surface area is 95.0 Å². The zero-order valence-corrected chi connectivity index (χ0v) is 10.7. The molecule has 0 aromatic heterocycles. The molecule has 0 saturated heterocycles. The van der Waals surface area contributed by atoms with Gasteiger partial charge in [0.1, 0.15) is 0 Å². The minimum atomic E-state index is 1.12. The maximum atomic E-state index is 3.51. The maximum absolute atomic E-state index is 3.51. The monoisotopic (exact) mass is 255 g/mol. The summed E-state index contributed by atoms with van der Waals surface area (Å²) in [5, 5.41) is 3.44. The van der Waals surface area contributed by atoms with Gasteiger partial charge in [0, 0.05) is 16.7 Å². The lowest BCUT2D eigenvalue weighted by Crippen LogP contribution is -2.12. The number of fused-ring (bicyclic) bond motifs is 1. The second-order valence-corrected chi connectivity index (χ2v) is 4.20. The number of rotatable bonds is 0. The van der Waals surface area contributed by atoms with Gasteiger partial charge in [0.15, 0.2) is 0 Å². The van der Waals surface area contributed by atoms with Gasteiger partial charge >= 0.3 is 0 Å². The molecule has 1 aliphatic heterocycles. The van der Waals surface area contributed by atoms with Crippen LogP contribution < -0.4 is 5.32 Å².